The summed E-state index contributed by atoms with van der Waals surface area (Å²) < 4.78 is 5.41. The van der Waals surface area contributed by atoms with Crippen molar-refractivity contribution in [1.29, 1.82) is 0 Å². The van der Waals surface area contributed by atoms with Crippen molar-refractivity contribution in [2.75, 3.05) is 13.7 Å². The Balaban J connectivity index is 2.01. The van der Waals surface area contributed by atoms with Crippen LogP contribution in [-0.4, -0.2) is 19.6 Å². The highest BCUT2D eigenvalue weighted by atomic mass is 35.5. The number of amides is 1. The van der Waals surface area contributed by atoms with Gasteiger partial charge in [0.2, 0.25) is 0 Å². The van der Waals surface area contributed by atoms with Crippen molar-refractivity contribution in [2.24, 2.45) is 0 Å². The van der Waals surface area contributed by atoms with E-state index in [9.17, 15) is 4.79 Å². The molecule has 0 saturated heterocycles. The van der Waals surface area contributed by atoms with Crippen LogP contribution in [0.1, 0.15) is 26.9 Å². The van der Waals surface area contributed by atoms with Crippen LogP contribution in [0.3, 0.4) is 0 Å². The minimum atomic E-state index is -0.256. The molecule has 0 saturated carbocycles. The molecule has 1 unspecified atom stereocenters. The molecular weight excluding hydrogens is 294 g/mol. The third-order valence-electron chi connectivity index (χ3n) is 2.94. The molecule has 1 aromatic heterocycles. The lowest BCUT2D eigenvalue weighted by atomic mass is 10.1. The van der Waals surface area contributed by atoms with Crippen LogP contribution in [0.5, 0.6) is 0 Å². The van der Waals surface area contributed by atoms with Crippen molar-refractivity contribution < 1.29 is 9.53 Å². The Morgan fingerprint density at radius 1 is 1.45 bits per heavy atom. The van der Waals surface area contributed by atoms with Gasteiger partial charge in [0.15, 0.2) is 0 Å². The molecule has 3 nitrogen and oxygen atoms in total. The second-order valence-electron chi connectivity index (χ2n) is 4.44. The molecule has 0 bridgehead atoms. The van der Waals surface area contributed by atoms with E-state index in [1.54, 1.807) is 7.11 Å². The molecule has 1 atom stereocenters. The number of ether oxygens (including phenoxy) is 1. The van der Waals surface area contributed by atoms with Gasteiger partial charge < -0.3 is 10.1 Å². The molecule has 0 aliphatic rings. The van der Waals surface area contributed by atoms with E-state index in [2.05, 4.69) is 5.32 Å². The number of rotatable bonds is 5. The van der Waals surface area contributed by atoms with E-state index in [4.69, 9.17) is 16.3 Å². The zero-order valence-electron chi connectivity index (χ0n) is 11.4. The normalized spacial score (nSPS) is 12.2. The van der Waals surface area contributed by atoms with Gasteiger partial charge in [0, 0.05) is 24.2 Å². The molecule has 106 valence electrons. The first-order chi connectivity index (χ1) is 9.61. The van der Waals surface area contributed by atoms with Crippen LogP contribution in [0.15, 0.2) is 35.7 Å². The number of halogens is 1. The summed E-state index contributed by atoms with van der Waals surface area (Å²) in [6.07, 6.45) is -0.256. The van der Waals surface area contributed by atoms with E-state index >= 15 is 0 Å². The number of aryl methyl sites for hydroxylation is 1. The molecule has 1 amide bonds. The molecule has 5 heteroatoms. The van der Waals surface area contributed by atoms with Crippen molar-refractivity contribution >= 4 is 28.8 Å². The Hall–Kier alpha value is -1.36. The third-order valence-corrected chi connectivity index (χ3v) is 4.33. The summed E-state index contributed by atoms with van der Waals surface area (Å²) in [6, 6.07) is 9.35. The Morgan fingerprint density at radius 2 is 2.20 bits per heavy atom. The topological polar surface area (TPSA) is 38.3 Å². The average Bonchev–Trinajstić information content (AvgIpc) is 2.88. The molecule has 20 heavy (non-hydrogen) atoms. The Labute approximate surface area is 127 Å². The third kappa shape index (κ3) is 3.60. The van der Waals surface area contributed by atoms with E-state index in [0.717, 1.165) is 11.1 Å². The number of methoxy groups -OCH3 is 1. The molecule has 0 aliphatic heterocycles. The average molecular weight is 310 g/mol. The number of benzene rings is 1. The summed E-state index contributed by atoms with van der Waals surface area (Å²) in [7, 11) is 1.61. The van der Waals surface area contributed by atoms with Gasteiger partial charge in [-0.15, -0.1) is 11.3 Å². The summed E-state index contributed by atoms with van der Waals surface area (Å²) in [4.78, 5) is 12.7. The highest BCUT2D eigenvalue weighted by Crippen LogP contribution is 2.24. The predicted molar refractivity (Wildman–Crippen MR) is 82.6 cm³/mol. The molecule has 0 spiro atoms. The van der Waals surface area contributed by atoms with Gasteiger partial charge in [0.25, 0.3) is 5.91 Å². The minimum absolute atomic E-state index is 0.0859. The van der Waals surface area contributed by atoms with Gasteiger partial charge in [-0.2, -0.15) is 0 Å². The van der Waals surface area contributed by atoms with Crippen LogP contribution >= 0.6 is 22.9 Å². The van der Waals surface area contributed by atoms with E-state index in [1.807, 2.05) is 42.6 Å². The quantitative estimate of drug-likeness (QED) is 0.911. The lowest BCUT2D eigenvalue weighted by molar-refractivity contribution is 0.0831. The smallest absolute Gasteiger partial charge is 0.261 e. The second-order valence-corrected chi connectivity index (χ2v) is 5.76. The minimum Gasteiger partial charge on any atom is -0.375 e. The van der Waals surface area contributed by atoms with Crippen molar-refractivity contribution in [3.63, 3.8) is 0 Å². The van der Waals surface area contributed by atoms with Gasteiger partial charge in [0.05, 0.1) is 4.88 Å². The maximum Gasteiger partial charge on any atom is 0.261 e. The van der Waals surface area contributed by atoms with Crippen molar-refractivity contribution in [3.05, 3.63) is 56.7 Å². The van der Waals surface area contributed by atoms with Crippen LogP contribution < -0.4 is 5.32 Å². The Kier molecular flexibility index (Phi) is 5.17. The molecule has 0 aliphatic carbocycles. The lowest BCUT2D eigenvalue weighted by Crippen LogP contribution is -2.28. The summed E-state index contributed by atoms with van der Waals surface area (Å²) in [5.41, 5.74) is 1.97. The second kappa shape index (κ2) is 6.88. The van der Waals surface area contributed by atoms with Gasteiger partial charge in [-0.1, -0.05) is 29.8 Å². The number of hydrogen-bond acceptors (Lipinski definition) is 3. The van der Waals surface area contributed by atoms with Gasteiger partial charge in [-0.3, -0.25) is 4.79 Å². The SMILES string of the molecule is COC(CNC(=O)c1cc(C)cs1)c1ccccc1Cl. The number of carbonyl (C=O) groups excluding carboxylic acids is 1. The van der Waals surface area contributed by atoms with Crippen molar-refractivity contribution in [3.8, 4) is 0 Å². The van der Waals surface area contributed by atoms with Crippen LogP contribution in [0.2, 0.25) is 5.02 Å². The molecule has 2 aromatic rings. The van der Waals surface area contributed by atoms with E-state index in [1.165, 1.54) is 11.3 Å². The molecule has 1 heterocycles. The Morgan fingerprint density at radius 3 is 2.80 bits per heavy atom. The van der Waals surface area contributed by atoms with Crippen LogP contribution in [0.4, 0.5) is 0 Å². The lowest BCUT2D eigenvalue weighted by Gasteiger charge is -2.17. The molecule has 1 aromatic carbocycles. The van der Waals surface area contributed by atoms with Crippen molar-refractivity contribution in [2.45, 2.75) is 13.0 Å². The highest BCUT2D eigenvalue weighted by Gasteiger charge is 2.16. The van der Waals surface area contributed by atoms with Gasteiger partial charge in [0.1, 0.15) is 6.10 Å². The fourth-order valence-electron chi connectivity index (χ4n) is 1.88. The maximum atomic E-state index is 12.0. The number of nitrogens with one attached hydrogen (secondary N) is 1. The first-order valence-electron chi connectivity index (χ1n) is 6.22. The maximum absolute atomic E-state index is 12.0. The van der Waals surface area contributed by atoms with E-state index in [-0.39, 0.29) is 12.0 Å². The summed E-state index contributed by atoms with van der Waals surface area (Å²) in [5, 5.41) is 5.47. The number of carbonyl (C=O) groups is 1. The largest absolute Gasteiger partial charge is 0.375 e. The predicted octanol–water partition coefficient (Wildman–Crippen LogP) is 3.83. The zero-order valence-corrected chi connectivity index (χ0v) is 12.9. The summed E-state index contributed by atoms with van der Waals surface area (Å²) in [5.74, 6) is -0.0859. The fraction of sp³-hybridized carbons (Fsp3) is 0.267. The van der Waals surface area contributed by atoms with Crippen LogP contribution in [-0.2, 0) is 4.74 Å². The van der Waals surface area contributed by atoms with Gasteiger partial charge >= 0.3 is 0 Å². The summed E-state index contributed by atoms with van der Waals surface area (Å²) >= 11 is 7.58. The molecular formula is C15H16ClNO2S. The zero-order chi connectivity index (χ0) is 14.5. The highest BCUT2D eigenvalue weighted by molar-refractivity contribution is 7.12. The van der Waals surface area contributed by atoms with Crippen LogP contribution in [0, 0.1) is 6.92 Å². The van der Waals surface area contributed by atoms with E-state index in [0.29, 0.717) is 16.4 Å². The van der Waals surface area contributed by atoms with Gasteiger partial charge in [-0.05, 0) is 30.0 Å². The molecule has 0 radical (unpaired) electrons. The molecule has 0 fully saturated rings. The first-order valence-corrected chi connectivity index (χ1v) is 7.48. The fourth-order valence-corrected chi connectivity index (χ4v) is 2.95. The van der Waals surface area contributed by atoms with Gasteiger partial charge in [-0.25, -0.2) is 0 Å². The standard InChI is InChI=1S/C15H16ClNO2S/c1-10-7-14(20-9-10)15(18)17-8-13(19-2)11-5-3-4-6-12(11)16/h3-7,9,13H,8H2,1-2H3,(H,17,18). The number of hydrogen-bond donors (Lipinski definition) is 1. The van der Waals surface area contributed by atoms with E-state index < -0.39 is 0 Å². The molecule has 2 rings (SSSR count). The summed E-state index contributed by atoms with van der Waals surface area (Å²) in [6.45, 7) is 2.35. The Bertz CT molecular complexity index is 597. The molecule has 1 N–H and O–H groups in total. The monoisotopic (exact) mass is 309 g/mol. The van der Waals surface area contributed by atoms with Crippen molar-refractivity contribution in [1.82, 2.24) is 5.32 Å². The first kappa shape index (κ1) is 15.0. The van der Waals surface area contributed by atoms with Crippen LogP contribution in [0.25, 0.3) is 0 Å². The number of thiophene rings is 1.